The fraction of sp³-hybridized carbons (Fsp3) is 0.579. The van der Waals surface area contributed by atoms with Crippen LogP contribution in [0.15, 0.2) is 42.5 Å². The second-order valence-corrected chi connectivity index (χ2v) is 18.1. The molecule has 2 nitrogen and oxygen atoms in total. The molecular formula is C19H34O2Si2. The Balaban J connectivity index is 3.05. The molecule has 1 unspecified atom stereocenters. The zero-order valence-corrected chi connectivity index (χ0v) is 17.9. The SMILES string of the molecule is C=C(CO)C(CO[Si](C)(C)C(C)(C)C)[Si](C)(C)c1ccccc1. The largest absolute Gasteiger partial charge is 0.417 e. The van der Waals surface area contributed by atoms with Gasteiger partial charge in [0.25, 0.3) is 0 Å². The molecule has 0 aliphatic rings. The molecule has 0 heterocycles. The van der Waals surface area contributed by atoms with Gasteiger partial charge in [-0.25, -0.2) is 0 Å². The molecule has 23 heavy (non-hydrogen) atoms. The number of aliphatic hydroxyl groups excluding tert-OH is 1. The topological polar surface area (TPSA) is 29.5 Å². The maximum absolute atomic E-state index is 9.68. The van der Waals surface area contributed by atoms with Crippen molar-refractivity contribution >= 4 is 21.6 Å². The van der Waals surface area contributed by atoms with E-state index in [-0.39, 0.29) is 17.2 Å². The van der Waals surface area contributed by atoms with Gasteiger partial charge in [0, 0.05) is 12.1 Å². The van der Waals surface area contributed by atoms with Gasteiger partial charge in [0.2, 0.25) is 0 Å². The summed E-state index contributed by atoms with van der Waals surface area (Å²) in [6, 6.07) is 10.7. The third-order valence-electron chi connectivity index (χ3n) is 5.50. The van der Waals surface area contributed by atoms with Gasteiger partial charge in [-0.05, 0) is 23.7 Å². The van der Waals surface area contributed by atoms with Crippen molar-refractivity contribution in [2.24, 2.45) is 0 Å². The van der Waals surface area contributed by atoms with E-state index in [4.69, 9.17) is 4.43 Å². The van der Waals surface area contributed by atoms with Crippen molar-refractivity contribution < 1.29 is 9.53 Å². The van der Waals surface area contributed by atoms with Crippen LogP contribution in [0.4, 0.5) is 0 Å². The van der Waals surface area contributed by atoms with Crippen molar-refractivity contribution in [1.29, 1.82) is 0 Å². The van der Waals surface area contributed by atoms with Crippen LogP contribution in [-0.2, 0) is 4.43 Å². The molecule has 1 aromatic carbocycles. The minimum absolute atomic E-state index is 0.0365. The van der Waals surface area contributed by atoms with Crippen LogP contribution in [0.25, 0.3) is 0 Å². The van der Waals surface area contributed by atoms with Crippen molar-refractivity contribution in [2.45, 2.75) is 57.5 Å². The fourth-order valence-corrected chi connectivity index (χ4v) is 6.77. The molecule has 0 fully saturated rings. The molecule has 0 aliphatic heterocycles. The van der Waals surface area contributed by atoms with Crippen molar-refractivity contribution in [3.8, 4) is 0 Å². The van der Waals surface area contributed by atoms with Gasteiger partial charge in [-0.1, -0.05) is 76.0 Å². The smallest absolute Gasteiger partial charge is 0.191 e. The molecule has 0 radical (unpaired) electrons. The molecule has 1 atom stereocenters. The molecular weight excluding hydrogens is 316 g/mol. The molecule has 0 aliphatic carbocycles. The number of hydrogen-bond donors (Lipinski definition) is 1. The fourth-order valence-electron chi connectivity index (χ4n) is 2.52. The molecule has 0 amide bonds. The van der Waals surface area contributed by atoms with E-state index in [1.54, 1.807) is 0 Å². The normalized spacial score (nSPS) is 14.6. The standard InChI is InChI=1S/C19H34O2Si2/c1-16(14-20)18(15-21-23(7,8)19(2,3)4)22(5,6)17-12-10-9-11-13-17/h9-13,18,20H,1,14-15H2,2-8H3. The number of hydrogen-bond acceptors (Lipinski definition) is 2. The van der Waals surface area contributed by atoms with Crippen LogP contribution in [0.1, 0.15) is 20.8 Å². The van der Waals surface area contributed by atoms with Gasteiger partial charge < -0.3 is 9.53 Å². The molecule has 0 spiro atoms. The molecule has 1 N–H and O–H groups in total. The van der Waals surface area contributed by atoms with Gasteiger partial charge >= 0.3 is 0 Å². The van der Waals surface area contributed by atoms with Gasteiger partial charge in [0.15, 0.2) is 8.32 Å². The summed E-state index contributed by atoms with van der Waals surface area (Å²) in [5.41, 5.74) is 1.13. The summed E-state index contributed by atoms with van der Waals surface area (Å²) in [6.07, 6.45) is 0. The quantitative estimate of drug-likeness (QED) is 0.578. The maximum atomic E-state index is 9.68. The second-order valence-electron chi connectivity index (χ2n) is 8.53. The Labute approximate surface area is 144 Å². The second kappa shape index (κ2) is 7.47. The number of rotatable bonds is 7. The Morgan fingerprint density at radius 2 is 1.65 bits per heavy atom. The minimum Gasteiger partial charge on any atom is -0.417 e. The first kappa shape index (κ1) is 20.4. The highest BCUT2D eigenvalue weighted by atomic mass is 28.4. The Hall–Kier alpha value is -0.686. The Morgan fingerprint density at radius 1 is 1.13 bits per heavy atom. The van der Waals surface area contributed by atoms with Crippen molar-refractivity contribution in [3.63, 3.8) is 0 Å². The molecule has 4 heteroatoms. The number of aliphatic hydroxyl groups is 1. The monoisotopic (exact) mass is 350 g/mol. The summed E-state index contributed by atoms with van der Waals surface area (Å²) in [5.74, 6) is 0. The van der Waals surface area contributed by atoms with E-state index < -0.39 is 16.4 Å². The van der Waals surface area contributed by atoms with E-state index in [9.17, 15) is 5.11 Å². The lowest BCUT2D eigenvalue weighted by molar-refractivity contribution is 0.273. The van der Waals surface area contributed by atoms with Gasteiger partial charge in [-0.3, -0.25) is 0 Å². The van der Waals surface area contributed by atoms with Crippen molar-refractivity contribution in [2.75, 3.05) is 13.2 Å². The molecule has 1 rings (SSSR count). The molecule has 1 aromatic rings. The van der Waals surface area contributed by atoms with E-state index in [0.29, 0.717) is 6.61 Å². The Bertz CT molecular complexity index is 516. The highest BCUT2D eigenvalue weighted by Crippen LogP contribution is 2.38. The van der Waals surface area contributed by atoms with Crippen LogP contribution in [-0.4, -0.2) is 34.7 Å². The van der Waals surface area contributed by atoms with Crippen LogP contribution in [0.5, 0.6) is 0 Å². The predicted octanol–water partition coefficient (Wildman–Crippen LogP) is 4.54. The summed E-state index contributed by atoms with van der Waals surface area (Å²) < 4.78 is 6.49. The van der Waals surface area contributed by atoms with E-state index in [1.165, 1.54) is 5.19 Å². The minimum atomic E-state index is -1.81. The van der Waals surface area contributed by atoms with Crippen molar-refractivity contribution in [3.05, 3.63) is 42.5 Å². The van der Waals surface area contributed by atoms with Gasteiger partial charge in [-0.2, -0.15) is 0 Å². The average Bonchev–Trinajstić information content (AvgIpc) is 2.46. The lowest BCUT2D eigenvalue weighted by atomic mass is 10.2. The van der Waals surface area contributed by atoms with Crippen molar-refractivity contribution in [1.82, 2.24) is 0 Å². The summed E-state index contributed by atoms with van der Waals surface area (Å²) in [4.78, 5) is 0. The Morgan fingerprint density at radius 3 is 2.09 bits per heavy atom. The third kappa shape index (κ3) is 4.89. The first-order chi connectivity index (χ1) is 10.4. The zero-order chi connectivity index (χ0) is 17.9. The van der Waals surface area contributed by atoms with E-state index in [2.05, 4.69) is 83.9 Å². The molecule has 130 valence electrons. The van der Waals surface area contributed by atoms with Crippen LogP contribution in [0, 0.1) is 0 Å². The summed E-state index contributed by atoms with van der Waals surface area (Å²) in [7, 11) is -3.62. The van der Waals surface area contributed by atoms with Gasteiger partial charge in [-0.15, -0.1) is 0 Å². The summed E-state index contributed by atoms with van der Waals surface area (Å²) in [5, 5.41) is 11.3. The van der Waals surface area contributed by atoms with Gasteiger partial charge in [0.1, 0.15) is 0 Å². The maximum Gasteiger partial charge on any atom is 0.191 e. The summed E-state index contributed by atoms with van der Waals surface area (Å²) >= 11 is 0. The van der Waals surface area contributed by atoms with Gasteiger partial charge in [0.05, 0.1) is 14.7 Å². The van der Waals surface area contributed by atoms with Crippen LogP contribution in [0.2, 0.25) is 36.8 Å². The third-order valence-corrected chi connectivity index (χ3v) is 14.1. The highest BCUT2D eigenvalue weighted by molar-refractivity contribution is 6.91. The highest BCUT2D eigenvalue weighted by Gasteiger charge is 2.41. The average molecular weight is 351 g/mol. The van der Waals surface area contributed by atoms with Crippen LogP contribution >= 0.6 is 0 Å². The molecule has 0 bridgehead atoms. The molecule has 0 saturated heterocycles. The number of benzene rings is 1. The van der Waals surface area contributed by atoms with E-state index >= 15 is 0 Å². The predicted molar refractivity (Wildman–Crippen MR) is 107 cm³/mol. The lowest BCUT2D eigenvalue weighted by Gasteiger charge is -2.40. The van der Waals surface area contributed by atoms with E-state index in [0.717, 1.165) is 5.57 Å². The molecule has 0 aromatic heterocycles. The van der Waals surface area contributed by atoms with Crippen LogP contribution in [0.3, 0.4) is 0 Å². The first-order valence-corrected chi connectivity index (χ1v) is 14.4. The molecule has 0 saturated carbocycles. The lowest BCUT2D eigenvalue weighted by Crippen LogP contribution is -2.50. The Kier molecular flexibility index (Phi) is 6.61. The van der Waals surface area contributed by atoms with Crippen LogP contribution < -0.4 is 5.19 Å². The van der Waals surface area contributed by atoms with E-state index in [1.807, 2.05) is 0 Å². The zero-order valence-electron chi connectivity index (χ0n) is 15.9. The summed E-state index contributed by atoms with van der Waals surface area (Å²) in [6.45, 7) is 20.9. The first-order valence-electron chi connectivity index (χ1n) is 8.41.